The standard InChI is InChI=1S/C28H23FN4O3/c1-36-23-13-9-19(10-14-23)15-30-27(34)24-17-32(16-20-7-11-21(29)12-8-20)18-25-26(24)31-33(28(25)35)22-5-3-2-4-6-22/h2-14,17-18H,15-16H2,1H3,(H,30,34). The Morgan fingerprint density at radius 3 is 2.33 bits per heavy atom. The number of nitrogens with zero attached hydrogens (tertiary/aromatic N) is 3. The highest BCUT2D eigenvalue weighted by molar-refractivity contribution is 5.99. The lowest BCUT2D eigenvalue weighted by atomic mass is 10.1. The van der Waals surface area contributed by atoms with Gasteiger partial charge in [0.1, 0.15) is 17.3 Å². The summed E-state index contributed by atoms with van der Waals surface area (Å²) in [6.07, 6.45) is 3.34. The van der Waals surface area contributed by atoms with Crippen molar-refractivity contribution in [2.45, 2.75) is 13.1 Å². The zero-order chi connectivity index (χ0) is 25.1. The van der Waals surface area contributed by atoms with E-state index < -0.39 is 0 Å². The number of nitrogens with one attached hydrogen (secondary N) is 1. The van der Waals surface area contributed by atoms with Gasteiger partial charge in [0, 0.05) is 25.5 Å². The fraction of sp³-hybridized carbons (Fsp3) is 0.107. The van der Waals surface area contributed by atoms with Crippen molar-refractivity contribution >= 4 is 5.91 Å². The number of halogens is 1. The van der Waals surface area contributed by atoms with Gasteiger partial charge in [0.25, 0.3) is 11.5 Å². The highest BCUT2D eigenvalue weighted by atomic mass is 19.1. The van der Waals surface area contributed by atoms with Crippen LogP contribution in [-0.4, -0.2) is 27.4 Å². The minimum atomic E-state index is -0.359. The van der Waals surface area contributed by atoms with Crippen LogP contribution < -0.4 is 15.6 Å². The van der Waals surface area contributed by atoms with E-state index >= 15 is 0 Å². The number of aromatic nitrogens is 3. The van der Waals surface area contributed by atoms with E-state index in [0.29, 0.717) is 30.0 Å². The first kappa shape index (κ1) is 23.0. The Morgan fingerprint density at radius 2 is 1.64 bits per heavy atom. The van der Waals surface area contributed by atoms with Gasteiger partial charge in [-0.3, -0.25) is 9.59 Å². The molecule has 0 unspecified atom stereocenters. The summed E-state index contributed by atoms with van der Waals surface area (Å²) in [5.74, 6) is 0.0388. The van der Waals surface area contributed by atoms with Gasteiger partial charge in [0.2, 0.25) is 0 Å². The Labute approximate surface area is 206 Å². The minimum Gasteiger partial charge on any atom is -0.497 e. The average molecular weight is 483 g/mol. The fourth-order valence-electron chi connectivity index (χ4n) is 3.98. The number of ether oxygens (including phenoxy) is 1. The smallest absolute Gasteiger partial charge is 0.282 e. The van der Waals surface area contributed by atoms with Gasteiger partial charge < -0.3 is 14.6 Å². The summed E-state index contributed by atoms with van der Waals surface area (Å²) in [5.41, 5.74) is 2.91. The molecule has 1 amide bonds. The molecule has 7 nitrogen and oxygen atoms in total. The van der Waals surface area contributed by atoms with Gasteiger partial charge in [-0.1, -0.05) is 42.5 Å². The average Bonchev–Trinajstić information content (AvgIpc) is 3.25. The molecule has 2 aliphatic rings. The summed E-state index contributed by atoms with van der Waals surface area (Å²) >= 11 is 0. The first-order valence-corrected chi connectivity index (χ1v) is 11.4. The Bertz CT molecular complexity index is 1520. The maximum absolute atomic E-state index is 13.4. The Kier molecular flexibility index (Phi) is 6.32. The first-order chi connectivity index (χ1) is 17.5. The van der Waals surface area contributed by atoms with Crippen LogP contribution in [-0.2, 0) is 13.1 Å². The number of hydrogen-bond donors (Lipinski definition) is 1. The summed E-state index contributed by atoms with van der Waals surface area (Å²) < 4.78 is 21.6. The third-order valence-electron chi connectivity index (χ3n) is 5.86. The van der Waals surface area contributed by atoms with Crippen molar-refractivity contribution in [1.29, 1.82) is 0 Å². The molecule has 0 fully saturated rings. The molecule has 5 rings (SSSR count). The molecule has 2 heterocycles. The third kappa shape index (κ3) is 4.74. The van der Waals surface area contributed by atoms with Crippen LogP contribution >= 0.6 is 0 Å². The van der Waals surface area contributed by atoms with Crippen LogP contribution in [0.15, 0.2) is 96.1 Å². The van der Waals surface area contributed by atoms with Gasteiger partial charge >= 0.3 is 0 Å². The van der Waals surface area contributed by atoms with Gasteiger partial charge in [0.15, 0.2) is 0 Å². The zero-order valence-electron chi connectivity index (χ0n) is 19.5. The van der Waals surface area contributed by atoms with Crippen molar-refractivity contribution in [1.82, 2.24) is 19.7 Å². The van der Waals surface area contributed by atoms with Gasteiger partial charge in [-0.2, -0.15) is 9.78 Å². The van der Waals surface area contributed by atoms with Crippen LogP contribution in [0.4, 0.5) is 4.39 Å². The second-order valence-corrected chi connectivity index (χ2v) is 8.32. The fourth-order valence-corrected chi connectivity index (χ4v) is 3.98. The highest BCUT2D eigenvalue weighted by Crippen LogP contribution is 2.23. The number of hydrogen-bond acceptors (Lipinski definition) is 4. The number of amides is 1. The molecule has 3 aromatic rings. The lowest BCUT2D eigenvalue weighted by Gasteiger charge is -2.13. The minimum absolute atomic E-state index is 0.273. The Balaban J connectivity index is 1.52. The molecule has 0 atom stereocenters. The van der Waals surface area contributed by atoms with Gasteiger partial charge in [0.05, 0.1) is 23.9 Å². The summed E-state index contributed by atoms with van der Waals surface area (Å²) in [5, 5.41) is 7.42. The van der Waals surface area contributed by atoms with Crippen LogP contribution in [0.25, 0.3) is 16.9 Å². The molecule has 0 aromatic heterocycles. The van der Waals surface area contributed by atoms with E-state index in [1.54, 1.807) is 48.3 Å². The summed E-state index contributed by atoms with van der Waals surface area (Å²) in [4.78, 5) is 26.6. The summed E-state index contributed by atoms with van der Waals surface area (Å²) in [7, 11) is 1.59. The maximum atomic E-state index is 13.4. The molecule has 0 saturated heterocycles. The lowest BCUT2D eigenvalue weighted by Crippen LogP contribution is -2.25. The maximum Gasteiger partial charge on any atom is 0.282 e. The molecule has 0 aliphatic carbocycles. The Hall–Kier alpha value is -4.72. The van der Waals surface area contributed by atoms with E-state index in [-0.39, 0.29) is 22.8 Å². The van der Waals surface area contributed by atoms with Crippen LogP contribution in [0.2, 0.25) is 0 Å². The summed E-state index contributed by atoms with van der Waals surface area (Å²) in [6, 6.07) is 22.5. The molecule has 180 valence electrons. The number of benzene rings is 3. The molecule has 1 N–H and O–H groups in total. The van der Waals surface area contributed by atoms with E-state index in [2.05, 4.69) is 10.4 Å². The van der Waals surface area contributed by atoms with E-state index in [9.17, 15) is 14.0 Å². The number of rotatable bonds is 7. The largest absolute Gasteiger partial charge is 0.497 e. The molecule has 0 spiro atoms. The van der Waals surface area contributed by atoms with Crippen LogP contribution in [0.5, 0.6) is 5.75 Å². The monoisotopic (exact) mass is 482 g/mol. The Morgan fingerprint density at radius 1 is 0.944 bits per heavy atom. The zero-order valence-corrected chi connectivity index (χ0v) is 19.5. The SMILES string of the molecule is COc1ccc(CNC(=O)c2cn(Cc3ccc(F)cc3)cc3c(=O)n(-c4ccccc4)nc2-3)cc1. The molecule has 36 heavy (non-hydrogen) atoms. The van der Waals surface area contributed by atoms with E-state index in [1.807, 2.05) is 42.5 Å². The molecular weight excluding hydrogens is 459 g/mol. The number of carbonyl (C=O) groups excluding carboxylic acids is 1. The second-order valence-electron chi connectivity index (χ2n) is 8.32. The predicted octanol–water partition coefficient (Wildman–Crippen LogP) is 4.26. The molecule has 8 heteroatoms. The number of methoxy groups -OCH3 is 1. The molecular formula is C28H23FN4O3. The van der Waals surface area contributed by atoms with Crippen molar-refractivity contribution in [2.24, 2.45) is 0 Å². The normalized spacial score (nSPS) is 10.9. The predicted molar refractivity (Wildman–Crippen MR) is 134 cm³/mol. The topological polar surface area (TPSA) is 78.1 Å². The number of carbonyl (C=O) groups is 1. The van der Waals surface area contributed by atoms with Crippen molar-refractivity contribution in [3.8, 4) is 22.7 Å². The van der Waals surface area contributed by atoms with Crippen LogP contribution in [0.1, 0.15) is 21.5 Å². The number of fused-ring (bicyclic) bond motifs is 1. The van der Waals surface area contributed by atoms with Crippen molar-refractivity contribution < 1.29 is 13.9 Å². The quantitative estimate of drug-likeness (QED) is 0.376. The van der Waals surface area contributed by atoms with Crippen molar-refractivity contribution in [2.75, 3.05) is 7.11 Å². The van der Waals surface area contributed by atoms with Crippen molar-refractivity contribution in [3.05, 3.63) is 124 Å². The molecule has 0 radical (unpaired) electrons. The molecule has 3 aromatic carbocycles. The highest BCUT2D eigenvalue weighted by Gasteiger charge is 2.24. The first-order valence-electron chi connectivity index (χ1n) is 11.4. The lowest BCUT2D eigenvalue weighted by molar-refractivity contribution is 0.0950. The van der Waals surface area contributed by atoms with E-state index in [4.69, 9.17) is 4.74 Å². The van der Waals surface area contributed by atoms with Crippen LogP contribution in [0, 0.1) is 5.82 Å². The van der Waals surface area contributed by atoms with Gasteiger partial charge in [-0.25, -0.2) is 4.39 Å². The number of para-hydroxylation sites is 1. The summed E-state index contributed by atoms with van der Waals surface area (Å²) in [6.45, 7) is 0.645. The van der Waals surface area contributed by atoms with Gasteiger partial charge in [-0.05, 0) is 47.5 Å². The van der Waals surface area contributed by atoms with Crippen molar-refractivity contribution in [3.63, 3.8) is 0 Å². The van der Waals surface area contributed by atoms with E-state index in [1.165, 1.54) is 16.8 Å². The van der Waals surface area contributed by atoms with Crippen LogP contribution in [0.3, 0.4) is 0 Å². The third-order valence-corrected chi connectivity index (χ3v) is 5.86. The molecule has 0 bridgehead atoms. The molecule has 2 aliphatic heterocycles. The number of pyridine rings is 1. The van der Waals surface area contributed by atoms with E-state index in [0.717, 1.165) is 16.9 Å². The van der Waals surface area contributed by atoms with Gasteiger partial charge in [-0.15, -0.1) is 0 Å². The molecule has 0 saturated carbocycles. The second kappa shape index (κ2) is 9.87.